The Kier molecular flexibility index (Phi) is 4.43. The van der Waals surface area contributed by atoms with Crippen LogP contribution in [0.25, 0.3) is 0 Å². The van der Waals surface area contributed by atoms with E-state index in [-0.39, 0.29) is 11.3 Å². The molecular formula is C17H21FN4O. The molecule has 6 heteroatoms. The van der Waals surface area contributed by atoms with Crippen LogP contribution in [0.2, 0.25) is 0 Å². The first-order valence-corrected chi connectivity index (χ1v) is 7.79. The fourth-order valence-corrected chi connectivity index (χ4v) is 3.02. The quantitative estimate of drug-likeness (QED) is 0.810. The Morgan fingerprint density at radius 1 is 1.26 bits per heavy atom. The molecule has 5 nitrogen and oxygen atoms in total. The van der Waals surface area contributed by atoms with E-state index in [0.29, 0.717) is 5.69 Å². The van der Waals surface area contributed by atoms with Gasteiger partial charge in [-0.15, -0.1) is 0 Å². The zero-order chi connectivity index (χ0) is 16.4. The van der Waals surface area contributed by atoms with Crippen molar-refractivity contribution in [1.82, 2.24) is 14.5 Å². The van der Waals surface area contributed by atoms with Crippen molar-refractivity contribution in [3.63, 3.8) is 0 Å². The average molecular weight is 316 g/mol. The maximum atomic E-state index is 14.0. The summed E-state index contributed by atoms with van der Waals surface area (Å²) in [4.78, 5) is 20.5. The largest absolute Gasteiger partial charge is 0.368 e. The highest BCUT2D eigenvalue weighted by atomic mass is 19.1. The number of ketones is 1. The molecule has 1 aromatic carbocycles. The number of imidazole rings is 1. The van der Waals surface area contributed by atoms with Gasteiger partial charge in [0.2, 0.25) is 0 Å². The third-order valence-electron chi connectivity index (χ3n) is 4.34. The summed E-state index contributed by atoms with van der Waals surface area (Å²) in [6, 6.07) is 4.84. The molecule has 23 heavy (non-hydrogen) atoms. The predicted molar refractivity (Wildman–Crippen MR) is 87.1 cm³/mol. The molecular weight excluding hydrogens is 295 g/mol. The molecule has 0 atom stereocenters. The number of Topliss-reactive ketones (excluding diaryl/α,β-unsaturated/α-hetero) is 1. The van der Waals surface area contributed by atoms with Gasteiger partial charge in [0.05, 0.1) is 17.8 Å². The molecule has 1 aliphatic heterocycles. The Hall–Kier alpha value is -2.21. The topological polar surface area (TPSA) is 41.4 Å². The third-order valence-corrected chi connectivity index (χ3v) is 4.34. The summed E-state index contributed by atoms with van der Waals surface area (Å²) in [5.41, 5.74) is 0.902. The van der Waals surface area contributed by atoms with E-state index in [9.17, 15) is 9.18 Å². The van der Waals surface area contributed by atoms with Crippen molar-refractivity contribution in [2.75, 3.05) is 31.1 Å². The van der Waals surface area contributed by atoms with E-state index in [1.54, 1.807) is 12.3 Å². The number of carbonyl (C=O) groups is 1. The fourth-order valence-electron chi connectivity index (χ4n) is 3.02. The number of aromatic nitrogens is 2. The Balaban J connectivity index is 1.69. The number of aryl methyl sites for hydroxylation is 1. The van der Waals surface area contributed by atoms with Crippen molar-refractivity contribution in [2.24, 2.45) is 7.05 Å². The standard InChI is InChI=1S/C17H21FN4O/c1-13(23)17-14(18)4-3-5-15(17)22-10-8-21(9-11-22)12-16-19-6-7-20(16)2/h3-7H,8-12H2,1-2H3. The average Bonchev–Trinajstić information content (AvgIpc) is 2.92. The van der Waals surface area contributed by atoms with Crippen molar-refractivity contribution in [3.8, 4) is 0 Å². The van der Waals surface area contributed by atoms with Gasteiger partial charge in [0.25, 0.3) is 0 Å². The van der Waals surface area contributed by atoms with Crippen LogP contribution in [0.4, 0.5) is 10.1 Å². The molecule has 2 aromatic rings. The van der Waals surface area contributed by atoms with Gasteiger partial charge in [-0.25, -0.2) is 9.37 Å². The molecule has 1 saturated heterocycles. The highest BCUT2D eigenvalue weighted by molar-refractivity contribution is 6.00. The van der Waals surface area contributed by atoms with Crippen LogP contribution in [-0.2, 0) is 13.6 Å². The fraction of sp³-hybridized carbons (Fsp3) is 0.412. The third kappa shape index (κ3) is 3.27. The smallest absolute Gasteiger partial charge is 0.164 e. The number of piperazine rings is 1. The van der Waals surface area contributed by atoms with Gasteiger partial charge in [0.1, 0.15) is 11.6 Å². The van der Waals surface area contributed by atoms with Crippen LogP contribution in [0.5, 0.6) is 0 Å². The van der Waals surface area contributed by atoms with E-state index in [0.717, 1.165) is 38.5 Å². The number of hydrogen-bond acceptors (Lipinski definition) is 4. The molecule has 3 rings (SSSR count). The van der Waals surface area contributed by atoms with Crippen molar-refractivity contribution < 1.29 is 9.18 Å². The highest BCUT2D eigenvalue weighted by Crippen LogP contribution is 2.25. The monoisotopic (exact) mass is 316 g/mol. The molecule has 1 fully saturated rings. The van der Waals surface area contributed by atoms with Crippen molar-refractivity contribution >= 4 is 11.5 Å². The number of halogens is 1. The Labute approximate surface area is 135 Å². The molecule has 0 spiro atoms. The van der Waals surface area contributed by atoms with E-state index in [4.69, 9.17) is 0 Å². The molecule has 0 N–H and O–H groups in total. The maximum Gasteiger partial charge on any atom is 0.164 e. The maximum absolute atomic E-state index is 14.0. The second-order valence-electron chi connectivity index (χ2n) is 5.91. The molecule has 0 amide bonds. The van der Waals surface area contributed by atoms with Gasteiger partial charge in [-0.2, -0.15) is 0 Å². The van der Waals surface area contributed by atoms with Crippen molar-refractivity contribution in [2.45, 2.75) is 13.5 Å². The summed E-state index contributed by atoms with van der Waals surface area (Å²) >= 11 is 0. The first-order chi connectivity index (χ1) is 11.1. The van der Waals surface area contributed by atoms with E-state index < -0.39 is 5.82 Å². The first-order valence-electron chi connectivity index (χ1n) is 7.79. The van der Waals surface area contributed by atoms with Gasteiger partial charge >= 0.3 is 0 Å². The lowest BCUT2D eigenvalue weighted by Gasteiger charge is -2.36. The Morgan fingerprint density at radius 3 is 2.61 bits per heavy atom. The summed E-state index contributed by atoms with van der Waals surface area (Å²) in [6.45, 7) is 5.49. The van der Waals surface area contributed by atoms with Gasteiger partial charge < -0.3 is 9.47 Å². The van der Waals surface area contributed by atoms with Crippen molar-refractivity contribution in [1.29, 1.82) is 0 Å². The van der Waals surface area contributed by atoms with E-state index in [2.05, 4.69) is 14.8 Å². The lowest BCUT2D eigenvalue weighted by Crippen LogP contribution is -2.46. The second-order valence-corrected chi connectivity index (χ2v) is 5.91. The number of hydrogen-bond donors (Lipinski definition) is 0. The van der Waals surface area contributed by atoms with Crippen LogP contribution in [0, 0.1) is 5.82 Å². The normalized spacial score (nSPS) is 15.9. The zero-order valence-electron chi connectivity index (χ0n) is 13.5. The summed E-state index contributed by atoms with van der Waals surface area (Å²) in [7, 11) is 1.99. The van der Waals surface area contributed by atoms with E-state index in [1.807, 2.05) is 23.9 Å². The second kappa shape index (κ2) is 6.50. The number of rotatable bonds is 4. The summed E-state index contributed by atoms with van der Waals surface area (Å²) in [6.07, 6.45) is 3.74. The summed E-state index contributed by atoms with van der Waals surface area (Å²) < 4.78 is 16.0. The van der Waals surface area contributed by atoms with Gasteiger partial charge in [-0.3, -0.25) is 9.69 Å². The summed E-state index contributed by atoms with van der Waals surface area (Å²) in [5, 5.41) is 0. The minimum absolute atomic E-state index is 0.199. The van der Waals surface area contributed by atoms with Gasteiger partial charge in [0.15, 0.2) is 5.78 Å². The molecule has 1 aliphatic rings. The van der Waals surface area contributed by atoms with Crippen LogP contribution in [0.1, 0.15) is 23.1 Å². The Morgan fingerprint density at radius 2 is 2.00 bits per heavy atom. The van der Waals surface area contributed by atoms with Crippen molar-refractivity contribution in [3.05, 3.63) is 47.8 Å². The number of nitrogens with zero attached hydrogens (tertiary/aromatic N) is 4. The van der Waals surface area contributed by atoms with Crippen LogP contribution in [-0.4, -0.2) is 46.4 Å². The summed E-state index contributed by atoms with van der Waals surface area (Å²) in [5.74, 6) is 0.368. The number of carbonyl (C=O) groups excluding carboxylic acids is 1. The zero-order valence-corrected chi connectivity index (χ0v) is 13.5. The van der Waals surface area contributed by atoms with Crippen LogP contribution in [0.3, 0.4) is 0 Å². The molecule has 0 saturated carbocycles. The van der Waals surface area contributed by atoms with Crippen LogP contribution < -0.4 is 4.90 Å². The molecule has 2 heterocycles. The molecule has 1 aromatic heterocycles. The number of anilines is 1. The Bertz CT molecular complexity index is 704. The minimum atomic E-state index is -0.439. The molecule has 0 unspecified atom stereocenters. The van der Waals surface area contributed by atoms with Gasteiger partial charge in [-0.1, -0.05) is 6.07 Å². The highest BCUT2D eigenvalue weighted by Gasteiger charge is 2.23. The van der Waals surface area contributed by atoms with E-state index in [1.165, 1.54) is 13.0 Å². The predicted octanol–water partition coefficient (Wildman–Crippen LogP) is 2.08. The SMILES string of the molecule is CC(=O)c1c(F)cccc1N1CCN(Cc2nccn2C)CC1. The first kappa shape index (κ1) is 15.7. The molecule has 0 bridgehead atoms. The molecule has 0 radical (unpaired) electrons. The van der Waals surface area contributed by atoms with Crippen LogP contribution >= 0.6 is 0 Å². The van der Waals surface area contributed by atoms with Gasteiger partial charge in [-0.05, 0) is 19.1 Å². The van der Waals surface area contributed by atoms with Crippen LogP contribution in [0.15, 0.2) is 30.6 Å². The minimum Gasteiger partial charge on any atom is -0.368 e. The number of benzene rings is 1. The lowest BCUT2D eigenvalue weighted by atomic mass is 10.1. The van der Waals surface area contributed by atoms with E-state index >= 15 is 0 Å². The molecule has 0 aliphatic carbocycles. The van der Waals surface area contributed by atoms with Gasteiger partial charge in [0, 0.05) is 45.6 Å². The lowest BCUT2D eigenvalue weighted by molar-refractivity contribution is 0.101. The molecule has 122 valence electrons.